The van der Waals surface area contributed by atoms with E-state index in [9.17, 15) is 19.7 Å². The zero-order valence-electron chi connectivity index (χ0n) is 26.7. The van der Waals surface area contributed by atoms with E-state index in [4.69, 9.17) is 38.9 Å². The first-order chi connectivity index (χ1) is 22.6. The van der Waals surface area contributed by atoms with Gasteiger partial charge in [-0.05, 0) is 35.4 Å². The van der Waals surface area contributed by atoms with E-state index in [1.165, 1.54) is 17.5 Å². The summed E-state index contributed by atoms with van der Waals surface area (Å²) in [7, 11) is 5.57. The molecule has 6 aromatic rings. The van der Waals surface area contributed by atoms with Crippen molar-refractivity contribution in [1.29, 1.82) is 0 Å². The Kier molecular flexibility index (Phi) is 10.3. The van der Waals surface area contributed by atoms with Crippen molar-refractivity contribution in [3.05, 3.63) is 94.4 Å². The van der Waals surface area contributed by atoms with Gasteiger partial charge in [-0.25, -0.2) is 0 Å². The van der Waals surface area contributed by atoms with Crippen molar-refractivity contribution in [1.82, 2.24) is 13.7 Å². The molecule has 0 spiro atoms. The van der Waals surface area contributed by atoms with Gasteiger partial charge >= 0.3 is 11.9 Å². The normalized spacial score (nSPS) is 12.2. The standard InChI is InChI=1S/C12H14N4O4.C12H15N3O2.C9H10N2/c1-15-5-6(4-8(14)12(17)18)10-9(16(19)20)3-2-7(13)11(10)15;1-15-6-7(5-10(14)12(16)17)8-3-2-4-9(13)11(8)15;1-11-6-5-7-3-2-4-8(10)9(7)11/h2-3,5,8H,4,13-14H2,1H3,(H,17,18);2-4,6,10H,5,13-14H2,1H3,(H,16,17);2-6H,10H2,1H3. The Balaban J connectivity index is 0.000000169. The number of nitro benzene ring substituents is 1. The molecule has 252 valence electrons. The van der Waals surface area contributed by atoms with Gasteiger partial charge in [0.2, 0.25) is 0 Å². The molecule has 0 aliphatic carbocycles. The molecule has 0 saturated carbocycles. The predicted molar refractivity (Wildman–Crippen MR) is 187 cm³/mol. The topological polar surface area (TPSA) is 263 Å². The molecule has 0 bridgehead atoms. The molecule has 3 heterocycles. The summed E-state index contributed by atoms with van der Waals surface area (Å²) in [5.74, 6) is -2.15. The molecule has 3 aromatic carbocycles. The number of non-ortho nitro benzene ring substituents is 1. The first-order valence-electron chi connectivity index (χ1n) is 14.7. The first kappa shape index (κ1) is 34.8. The number of hydrogen-bond acceptors (Lipinski definition) is 9. The van der Waals surface area contributed by atoms with Crippen molar-refractivity contribution in [2.75, 3.05) is 17.2 Å². The summed E-state index contributed by atoms with van der Waals surface area (Å²) in [5, 5.41) is 31.3. The lowest BCUT2D eigenvalue weighted by Gasteiger charge is -2.05. The number of fused-ring (bicyclic) bond motifs is 3. The Morgan fingerprint density at radius 2 is 1.25 bits per heavy atom. The maximum Gasteiger partial charge on any atom is 0.320 e. The van der Waals surface area contributed by atoms with Crippen LogP contribution in [0.4, 0.5) is 22.7 Å². The average molecular weight is 658 g/mol. The van der Waals surface area contributed by atoms with Crippen LogP contribution in [0.1, 0.15) is 11.1 Å². The number of rotatable bonds is 7. The monoisotopic (exact) mass is 657 g/mol. The van der Waals surface area contributed by atoms with Crippen LogP contribution in [-0.2, 0) is 43.6 Å². The molecule has 48 heavy (non-hydrogen) atoms. The second-order valence-electron chi connectivity index (χ2n) is 11.4. The Hall–Kier alpha value is -6.06. The van der Waals surface area contributed by atoms with Crippen molar-refractivity contribution in [3.8, 4) is 0 Å². The second-order valence-corrected chi connectivity index (χ2v) is 11.4. The lowest BCUT2D eigenvalue weighted by atomic mass is 10.0. The van der Waals surface area contributed by atoms with Crippen LogP contribution in [0.3, 0.4) is 0 Å². The fraction of sp³-hybridized carbons (Fsp3) is 0.212. The van der Waals surface area contributed by atoms with E-state index in [-0.39, 0.29) is 12.1 Å². The van der Waals surface area contributed by atoms with Gasteiger partial charge in [0.15, 0.2) is 0 Å². The molecular weight excluding hydrogens is 618 g/mol. The van der Waals surface area contributed by atoms with Gasteiger partial charge in [0.1, 0.15) is 12.1 Å². The zero-order valence-corrected chi connectivity index (χ0v) is 26.7. The molecule has 12 N–H and O–H groups in total. The molecule has 2 atom stereocenters. The van der Waals surface area contributed by atoms with Crippen molar-refractivity contribution >= 4 is 67.4 Å². The third-order valence-electron chi connectivity index (χ3n) is 7.97. The number of carbonyl (C=O) groups is 2. The molecule has 0 fully saturated rings. The average Bonchev–Trinajstić information content (AvgIpc) is 3.67. The maximum absolute atomic E-state index is 11.1. The fourth-order valence-electron chi connectivity index (χ4n) is 5.74. The number of para-hydroxylation sites is 2. The predicted octanol–water partition coefficient (Wildman–Crippen LogP) is 3.10. The highest BCUT2D eigenvalue weighted by molar-refractivity contribution is 6.00. The van der Waals surface area contributed by atoms with Crippen LogP contribution in [0.15, 0.2) is 73.2 Å². The van der Waals surface area contributed by atoms with Crippen molar-refractivity contribution in [2.24, 2.45) is 32.6 Å². The van der Waals surface area contributed by atoms with Gasteiger partial charge in [0.25, 0.3) is 5.69 Å². The van der Waals surface area contributed by atoms with Gasteiger partial charge in [-0.2, -0.15) is 0 Å². The Labute approximate surface area is 274 Å². The number of carboxylic acid groups (broad SMARTS) is 2. The van der Waals surface area contributed by atoms with E-state index in [2.05, 4.69) is 12.1 Å². The van der Waals surface area contributed by atoms with Crippen LogP contribution in [0, 0.1) is 10.1 Å². The minimum Gasteiger partial charge on any atom is -0.480 e. The van der Waals surface area contributed by atoms with E-state index in [0.717, 1.165) is 27.7 Å². The third kappa shape index (κ3) is 7.16. The Morgan fingerprint density at radius 3 is 1.83 bits per heavy atom. The van der Waals surface area contributed by atoms with Crippen molar-refractivity contribution < 1.29 is 24.7 Å². The highest BCUT2D eigenvalue weighted by Crippen LogP contribution is 2.34. The summed E-state index contributed by atoms with van der Waals surface area (Å²) in [6.45, 7) is 0. The molecule has 0 aliphatic rings. The van der Waals surface area contributed by atoms with E-state index in [1.807, 2.05) is 66.0 Å². The summed E-state index contributed by atoms with van der Waals surface area (Å²) < 4.78 is 5.57. The van der Waals surface area contributed by atoms with Crippen LogP contribution in [-0.4, -0.2) is 52.9 Å². The number of aliphatic carboxylic acids is 2. The lowest BCUT2D eigenvalue weighted by molar-refractivity contribution is -0.383. The zero-order chi connectivity index (χ0) is 35.4. The summed E-state index contributed by atoms with van der Waals surface area (Å²) in [4.78, 5) is 32.2. The summed E-state index contributed by atoms with van der Waals surface area (Å²) in [5.41, 5.74) is 34.3. The second kappa shape index (κ2) is 14.1. The molecule has 0 amide bonds. The quantitative estimate of drug-likeness (QED) is 0.0745. The number of aromatic nitrogens is 3. The number of nitro groups is 1. The van der Waals surface area contributed by atoms with Gasteiger partial charge in [0.05, 0.1) is 43.9 Å². The summed E-state index contributed by atoms with van der Waals surface area (Å²) in [6, 6.07) is 14.4. The SMILES string of the molecule is Cn1cc(CC(N)C(=O)O)c2c([N+](=O)[O-])ccc(N)c21.Cn1cc(CC(N)C(=O)O)c2cccc(N)c21.Cn1ccc2cccc(N)c21. The minimum atomic E-state index is -1.16. The molecule has 0 saturated heterocycles. The third-order valence-corrected chi connectivity index (χ3v) is 7.97. The highest BCUT2D eigenvalue weighted by Gasteiger charge is 2.23. The van der Waals surface area contributed by atoms with E-state index < -0.39 is 28.9 Å². The van der Waals surface area contributed by atoms with Crippen LogP contribution in [0.5, 0.6) is 0 Å². The molecular formula is C33H39N9O6. The maximum atomic E-state index is 11.1. The molecule has 3 aromatic heterocycles. The summed E-state index contributed by atoms with van der Waals surface area (Å²) in [6.07, 6.45) is 5.81. The van der Waals surface area contributed by atoms with Crippen molar-refractivity contribution in [2.45, 2.75) is 24.9 Å². The van der Waals surface area contributed by atoms with Gasteiger partial charge in [-0.3, -0.25) is 19.7 Å². The Morgan fingerprint density at radius 1 is 0.729 bits per heavy atom. The van der Waals surface area contributed by atoms with Crippen molar-refractivity contribution in [3.63, 3.8) is 0 Å². The van der Waals surface area contributed by atoms with Crippen LogP contribution in [0.25, 0.3) is 32.7 Å². The smallest absolute Gasteiger partial charge is 0.320 e. The fourth-order valence-corrected chi connectivity index (χ4v) is 5.74. The molecule has 6 rings (SSSR count). The summed E-state index contributed by atoms with van der Waals surface area (Å²) >= 11 is 0. The largest absolute Gasteiger partial charge is 0.480 e. The number of nitrogen functional groups attached to an aromatic ring is 3. The number of benzene rings is 3. The number of nitrogens with zero attached hydrogens (tertiary/aromatic N) is 4. The van der Waals surface area contributed by atoms with Gasteiger partial charge in [-0.15, -0.1) is 0 Å². The highest BCUT2D eigenvalue weighted by atomic mass is 16.6. The Bertz CT molecular complexity index is 2150. The molecule has 15 nitrogen and oxygen atoms in total. The first-order valence-corrected chi connectivity index (χ1v) is 14.7. The number of anilines is 3. The van der Waals surface area contributed by atoms with Crippen LogP contribution >= 0.6 is 0 Å². The molecule has 0 aliphatic heterocycles. The molecule has 2 unspecified atom stereocenters. The number of hydrogen-bond donors (Lipinski definition) is 7. The minimum absolute atomic E-state index is 0.00301. The van der Waals surface area contributed by atoms with E-state index in [1.54, 1.807) is 17.8 Å². The molecule has 0 radical (unpaired) electrons. The van der Waals surface area contributed by atoms with E-state index >= 15 is 0 Å². The van der Waals surface area contributed by atoms with Crippen LogP contribution < -0.4 is 28.7 Å². The number of carboxylic acids is 2. The lowest BCUT2D eigenvalue weighted by Crippen LogP contribution is -2.32. The number of nitrogens with two attached hydrogens (primary N) is 5. The van der Waals surface area contributed by atoms with Gasteiger partial charge < -0.3 is 52.6 Å². The van der Waals surface area contributed by atoms with E-state index in [0.29, 0.717) is 34.3 Å². The number of aryl methyl sites for hydroxylation is 3. The molecule has 15 heteroatoms. The van der Waals surface area contributed by atoms with Crippen LogP contribution in [0.2, 0.25) is 0 Å². The van der Waals surface area contributed by atoms with Gasteiger partial charge in [0, 0.05) is 69.4 Å². The van der Waals surface area contributed by atoms with Gasteiger partial charge in [-0.1, -0.05) is 24.3 Å².